The molecule has 0 aliphatic rings. The highest BCUT2D eigenvalue weighted by Gasteiger charge is 2.05. The summed E-state index contributed by atoms with van der Waals surface area (Å²) >= 11 is 0. The van der Waals surface area contributed by atoms with Crippen LogP contribution in [-0.2, 0) is 0 Å². The van der Waals surface area contributed by atoms with Gasteiger partial charge < -0.3 is 5.32 Å². The Bertz CT molecular complexity index is 473. The molecule has 1 aromatic heterocycles. The first-order valence-corrected chi connectivity index (χ1v) is 6.85. The normalized spacial score (nSPS) is 12.8. The molecule has 0 fully saturated rings. The largest absolute Gasteiger partial charge is 0.310 e. The summed E-state index contributed by atoms with van der Waals surface area (Å²) in [7, 11) is 0. The number of nitrogens with one attached hydrogen (secondary N) is 1. The summed E-state index contributed by atoms with van der Waals surface area (Å²) in [5, 5.41) is 7.67. The van der Waals surface area contributed by atoms with E-state index in [1.165, 1.54) is 12.0 Å². The molecule has 0 saturated heterocycles. The van der Waals surface area contributed by atoms with E-state index < -0.39 is 0 Å². The smallest absolute Gasteiger partial charge is 0.138 e. The van der Waals surface area contributed by atoms with Crippen LogP contribution in [0.15, 0.2) is 36.9 Å². The van der Waals surface area contributed by atoms with Crippen LogP contribution in [0.4, 0.5) is 0 Å². The summed E-state index contributed by atoms with van der Waals surface area (Å²) < 4.78 is 1.76. The van der Waals surface area contributed by atoms with Gasteiger partial charge in [-0.2, -0.15) is 5.10 Å². The average Bonchev–Trinajstić information content (AvgIpc) is 2.92. The Morgan fingerprint density at radius 2 is 1.89 bits per heavy atom. The average molecular weight is 258 g/mol. The van der Waals surface area contributed by atoms with Crippen molar-refractivity contribution in [2.24, 2.45) is 5.92 Å². The quantitative estimate of drug-likeness (QED) is 0.866. The summed E-state index contributed by atoms with van der Waals surface area (Å²) in [6.07, 6.45) is 4.46. The molecule has 1 aromatic carbocycles. The van der Waals surface area contributed by atoms with E-state index in [2.05, 4.69) is 60.4 Å². The van der Waals surface area contributed by atoms with Gasteiger partial charge in [0.1, 0.15) is 12.7 Å². The molecule has 2 rings (SSSR count). The van der Waals surface area contributed by atoms with Crippen molar-refractivity contribution in [3.05, 3.63) is 42.5 Å². The summed E-state index contributed by atoms with van der Waals surface area (Å²) in [6, 6.07) is 8.81. The van der Waals surface area contributed by atoms with E-state index in [-0.39, 0.29) is 0 Å². The van der Waals surface area contributed by atoms with Crippen LogP contribution >= 0.6 is 0 Å². The van der Waals surface area contributed by atoms with Gasteiger partial charge in [0, 0.05) is 6.04 Å². The number of aromatic nitrogens is 3. The van der Waals surface area contributed by atoms with Crippen molar-refractivity contribution in [1.29, 1.82) is 0 Å². The maximum absolute atomic E-state index is 4.12. The second-order valence-electron chi connectivity index (χ2n) is 5.29. The number of benzene rings is 1. The zero-order valence-electron chi connectivity index (χ0n) is 11.9. The zero-order valence-corrected chi connectivity index (χ0v) is 11.9. The third-order valence-electron chi connectivity index (χ3n) is 3.25. The molecule has 102 valence electrons. The molecule has 0 aliphatic heterocycles. The lowest BCUT2D eigenvalue weighted by Gasteiger charge is -2.15. The van der Waals surface area contributed by atoms with Crippen LogP contribution in [0.5, 0.6) is 0 Å². The highest BCUT2D eigenvalue weighted by atomic mass is 15.3. The number of hydrogen-bond donors (Lipinski definition) is 1. The van der Waals surface area contributed by atoms with E-state index >= 15 is 0 Å². The monoisotopic (exact) mass is 258 g/mol. The van der Waals surface area contributed by atoms with Gasteiger partial charge in [-0.25, -0.2) is 9.67 Å². The fourth-order valence-corrected chi connectivity index (χ4v) is 1.96. The lowest BCUT2D eigenvalue weighted by atomic mass is 10.1. The Kier molecular flexibility index (Phi) is 4.68. The molecule has 4 nitrogen and oxygen atoms in total. The molecule has 19 heavy (non-hydrogen) atoms. The minimum atomic E-state index is 0.378. The lowest BCUT2D eigenvalue weighted by molar-refractivity contribution is 0.497. The molecule has 1 atom stereocenters. The van der Waals surface area contributed by atoms with E-state index in [4.69, 9.17) is 0 Å². The fourth-order valence-electron chi connectivity index (χ4n) is 1.96. The topological polar surface area (TPSA) is 42.7 Å². The molecule has 2 aromatic rings. The molecule has 1 N–H and O–H groups in total. The van der Waals surface area contributed by atoms with Crippen LogP contribution in [0, 0.1) is 5.92 Å². The number of rotatable bonds is 6. The van der Waals surface area contributed by atoms with Gasteiger partial charge in [0.05, 0.1) is 5.69 Å². The molecule has 4 heteroatoms. The van der Waals surface area contributed by atoms with Crippen LogP contribution in [0.3, 0.4) is 0 Å². The van der Waals surface area contributed by atoms with E-state index in [9.17, 15) is 0 Å². The van der Waals surface area contributed by atoms with Crippen molar-refractivity contribution in [2.75, 3.05) is 6.54 Å². The van der Waals surface area contributed by atoms with Crippen LogP contribution in [0.25, 0.3) is 5.69 Å². The second kappa shape index (κ2) is 6.48. The SMILES string of the molecule is CC(C)CCNC(C)c1ccc(-n2cncn2)cc1. The first kappa shape index (κ1) is 13.7. The minimum absolute atomic E-state index is 0.378. The molecule has 0 radical (unpaired) electrons. The maximum atomic E-state index is 4.12. The van der Waals surface area contributed by atoms with Crippen molar-refractivity contribution in [2.45, 2.75) is 33.2 Å². The van der Waals surface area contributed by atoms with Gasteiger partial charge in [-0.3, -0.25) is 0 Å². The van der Waals surface area contributed by atoms with Crippen molar-refractivity contribution < 1.29 is 0 Å². The summed E-state index contributed by atoms with van der Waals surface area (Å²) in [6.45, 7) is 7.76. The predicted molar refractivity (Wildman–Crippen MR) is 77.2 cm³/mol. The number of nitrogens with zero attached hydrogens (tertiary/aromatic N) is 3. The van der Waals surface area contributed by atoms with Crippen LogP contribution in [-0.4, -0.2) is 21.3 Å². The fraction of sp³-hybridized carbons (Fsp3) is 0.467. The van der Waals surface area contributed by atoms with Gasteiger partial charge in [0.15, 0.2) is 0 Å². The molecule has 1 unspecified atom stereocenters. The molecular formula is C15H22N4. The van der Waals surface area contributed by atoms with Gasteiger partial charge >= 0.3 is 0 Å². The number of hydrogen-bond acceptors (Lipinski definition) is 3. The Hall–Kier alpha value is -1.68. The highest BCUT2D eigenvalue weighted by molar-refractivity contribution is 5.34. The molecule has 1 heterocycles. The van der Waals surface area contributed by atoms with E-state index in [1.54, 1.807) is 17.3 Å². The van der Waals surface area contributed by atoms with Gasteiger partial charge in [-0.1, -0.05) is 26.0 Å². The van der Waals surface area contributed by atoms with Crippen molar-refractivity contribution >= 4 is 0 Å². The summed E-state index contributed by atoms with van der Waals surface area (Å²) in [4.78, 5) is 3.95. The second-order valence-corrected chi connectivity index (χ2v) is 5.29. The molecule has 0 spiro atoms. The van der Waals surface area contributed by atoms with Crippen LogP contribution < -0.4 is 5.32 Å². The first-order valence-electron chi connectivity index (χ1n) is 6.85. The lowest BCUT2D eigenvalue weighted by Crippen LogP contribution is -2.20. The standard InChI is InChI=1S/C15H22N4/c1-12(2)8-9-17-13(3)14-4-6-15(7-5-14)19-11-16-10-18-19/h4-7,10-13,17H,8-9H2,1-3H3. The van der Waals surface area contributed by atoms with Crippen molar-refractivity contribution in [1.82, 2.24) is 20.1 Å². The van der Waals surface area contributed by atoms with Gasteiger partial charge in [-0.15, -0.1) is 0 Å². The Balaban J connectivity index is 1.94. The van der Waals surface area contributed by atoms with Gasteiger partial charge in [-0.05, 0) is 43.5 Å². The Morgan fingerprint density at radius 3 is 2.47 bits per heavy atom. The minimum Gasteiger partial charge on any atom is -0.310 e. The predicted octanol–water partition coefficient (Wildman–Crippen LogP) is 2.96. The maximum Gasteiger partial charge on any atom is 0.138 e. The first-order chi connectivity index (χ1) is 9.16. The third-order valence-corrected chi connectivity index (χ3v) is 3.25. The van der Waals surface area contributed by atoms with E-state index in [1.807, 2.05) is 0 Å². The molecule has 0 aliphatic carbocycles. The highest BCUT2D eigenvalue weighted by Crippen LogP contribution is 2.15. The van der Waals surface area contributed by atoms with Crippen molar-refractivity contribution in [3.8, 4) is 5.69 Å². The molecule has 0 bridgehead atoms. The van der Waals surface area contributed by atoms with E-state index in [0.29, 0.717) is 6.04 Å². The summed E-state index contributed by atoms with van der Waals surface area (Å²) in [5.41, 5.74) is 2.34. The van der Waals surface area contributed by atoms with Gasteiger partial charge in [0.2, 0.25) is 0 Å². The van der Waals surface area contributed by atoms with Crippen molar-refractivity contribution in [3.63, 3.8) is 0 Å². The Morgan fingerprint density at radius 1 is 1.16 bits per heavy atom. The summed E-state index contributed by atoms with van der Waals surface area (Å²) in [5.74, 6) is 0.745. The van der Waals surface area contributed by atoms with E-state index in [0.717, 1.165) is 18.2 Å². The third kappa shape index (κ3) is 3.89. The Labute approximate surface area is 114 Å². The molecule has 0 saturated carbocycles. The van der Waals surface area contributed by atoms with Gasteiger partial charge in [0.25, 0.3) is 0 Å². The van der Waals surface area contributed by atoms with Crippen LogP contribution in [0.1, 0.15) is 38.8 Å². The molecule has 0 amide bonds. The zero-order chi connectivity index (χ0) is 13.7. The van der Waals surface area contributed by atoms with Crippen LogP contribution in [0.2, 0.25) is 0 Å². The molecular weight excluding hydrogens is 236 g/mol.